The number of carboxylic acids is 1. The van der Waals surface area contributed by atoms with Crippen molar-refractivity contribution in [3.8, 4) is 0 Å². The normalized spacial score (nSPS) is 19.6. The number of aliphatic carboxylic acids is 1. The average Bonchev–Trinajstić information content (AvgIpc) is 2.39. The highest BCUT2D eigenvalue weighted by Gasteiger charge is 2.33. The third kappa shape index (κ3) is 2.81. The number of carbonyl (C=O) groups is 2. The first kappa shape index (κ1) is 13.3. The molecule has 1 fully saturated rings. The summed E-state index contributed by atoms with van der Waals surface area (Å²) in [7, 11) is 0. The Morgan fingerprint density at radius 3 is 2.61 bits per heavy atom. The van der Waals surface area contributed by atoms with Gasteiger partial charge in [-0.2, -0.15) is 0 Å². The molecule has 1 amide bonds. The fourth-order valence-electron chi connectivity index (χ4n) is 1.81. The van der Waals surface area contributed by atoms with E-state index in [-0.39, 0.29) is 12.5 Å². The fourth-order valence-corrected chi connectivity index (χ4v) is 2.17. The van der Waals surface area contributed by atoms with Crippen molar-refractivity contribution >= 4 is 34.5 Å². The topological polar surface area (TPSA) is 66.8 Å². The van der Waals surface area contributed by atoms with Crippen LogP contribution in [0.3, 0.4) is 0 Å². The quantitative estimate of drug-likeness (QED) is 0.805. The summed E-state index contributed by atoms with van der Waals surface area (Å²) in [4.78, 5) is 24.7. The molecule has 96 valence electrons. The third-order valence-electron chi connectivity index (χ3n) is 2.77. The van der Waals surface area contributed by atoms with E-state index in [0.717, 1.165) is 3.57 Å². The van der Waals surface area contributed by atoms with E-state index in [1.54, 1.807) is 12.1 Å². The summed E-state index contributed by atoms with van der Waals surface area (Å²) >= 11 is 2.15. The Bertz CT molecular complexity index is 460. The molecule has 0 bridgehead atoms. The Labute approximate surface area is 118 Å². The van der Waals surface area contributed by atoms with Crippen LogP contribution >= 0.6 is 22.6 Å². The van der Waals surface area contributed by atoms with Gasteiger partial charge in [0.15, 0.2) is 6.04 Å². The third-order valence-corrected chi connectivity index (χ3v) is 3.48. The van der Waals surface area contributed by atoms with Crippen molar-refractivity contribution in [2.75, 3.05) is 19.8 Å². The van der Waals surface area contributed by atoms with Gasteiger partial charge >= 0.3 is 5.97 Å². The minimum absolute atomic E-state index is 0.0471. The predicted molar refractivity (Wildman–Crippen MR) is 72.4 cm³/mol. The van der Waals surface area contributed by atoms with Gasteiger partial charge in [-0.05, 0) is 46.9 Å². The number of carboxylic acid groups (broad SMARTS) is 1. The molecule has 0 aromatic heterocycles. The second-order valence-corrected chi connectivity index (χ2v) is 5.18. The number of halogens is 1. The van der Waals surface area contributed by atoms with Crippen LogP contribution in [-0.4, -0.2) is 47.7 Å². The Balaban J connectivity index is 2.20. The van der Waals surface area contributed by atoms with Gasteiger partial charge < -0.3 is 14.7 Å². The highest BCUT2D eigenvalue weighted by Crippen LogP contribution is 2.14. The lowest BCUT2D eigenvalue weighted by Gasteiger charge is -2.32. The highest BCUT2D eigenvalue weighted by atomic mass is 127. The van der Waals surface area contributed by atoms with E-state index < -0.39 is 12.0 Å². The molecule has 1 atom stereocenters. The van der Waals surface area contributed by atoms with Crippen LogP contribution in [0.5, 0.6) is 0 Å². The summed E-state index contributed by atoms with van der Waals surface area (Å²) in [5.74, 6) is -1.30. The van der Waals surface area contributed by atoms with Crippen LogP contribution in [0.4, 0.5) is 0 Å². The molecule has 1 aliphatic rings. The van der Waals surface area contributed by atoms with Crippen molar-refractivity contribution in [2.45, 2.75) is 6.04 Å². The number of amides is 1. The highest BCUT2D eigenvalue weighted by molar-refractivity contribution is 14.1. The predicted octanol–water partition coefficient (Wildman–Crippen LogP) is 1.22. The van der Waals surface area contributed by atoms with Gasteiger partial charge in [-0.15, -0.1) is 0 Å². The maximum absolute atomic E-state index is 12.2. The summed E-state index contributed by atoms with van der Waals surface area (Å²) in [6.45, 7) is 0.729. The largest absolute Gasteiger partial charge is 0.480 e. The zero-order chi connectivity index (χ0) is 13.1. The van der Waals surface area contributed by atoms with E-state index in [9.17, 15) is 9.59 Å². The number of carbonyl (C=O) groups excluding carboxylic acids is 1. The van der Waals surface area contributed by atoms with Crippen LogP contribution in [0, 0.1) is 3.57 Å². The Morgan fingerprint density at radius 1 is 1.33 bits per heavy atom. The first-order valence-corrected chi connectivity index (χ1v) is 6.54. The lowest BCUT2D eigenvalue weighted by molar-refractivity contribution is -0.147. The number of ether oxygens (including phenoxy) is 1. The van der Waals surface area contributed by atoms with Gasteiger partial charge in [0, 0.05) is 15.7 Å². The first-order valence-electron chi connectivity index (χ1n) is 5.46. The van der Waals surface area contributed by atoms with E-state index in [0.29, 0.717) is 18.7 Å². The van der Waals surface area contributed by atoms with Crippen molar-refractivity contribution in [3.63, 3.8) is 0 Å². The molecule has 0 aliphatic carbocycles. The summed E-state index contributed by atoms with van der Waals surface area (Å²) in [5, 5.41) is 9.07. The Hall–Kier alpha value is -1.15. The summed E-state index contributed by atoms with van der Waals surface area (Å²) in [5.41, 5.74) is 0.503. The van der Waals surface area contributed by atoms with Gasteiger partial charge in [0.2, 0.25) is 0 Å². The van der Waals surface area contributed by atoms with Gasteiger partial charge in [0.25, 0.3) is 5.91 Å². The van der Waals surface area contributed by atoms with Gasteiger partial charge in [-0.3, -0.25) is 4.79 Å². The molecule has 0 radical (unpaired) electrons. The summed E-state index contributed by atoms with van der Waals surface area (Å²) < 4.78 is 6.13. The number of rotatable bonds is 2. The molecule has 0 spiro atoms. The molecular formula is C12H12INO4. The molecule has 1 aromatic carbocycles. The lowest BCUT2D eigenvalue weighted by Crippen LogP contribution is -2.52. The molecule has 1 aliphatic heterocycles. The minimum atomic E-state index is -1.03. The van der Waals surface area contributed by atoms with Crippen LogP contribution in [0.15, 0.2) is 24.3 Å². The van der Waals surface area contributed by atoms with Crippen LogP contribution in [-0.2, 0) is 9.53 Å². The van der Waals surface area contributed by atoms with E-state index in [4.69, 9.17) is 9.84 Å². The number of hydrogen-bond donors (Lipinski definition) is 1. The summed E-state index contributed by atoms with van der Waals surface area (Å²) in [6.07, 6.45) is 0. The Morgan fingerprint density at radius 2 is 2.00 bits per heavy atom. The molecule has 1 aromatic rings. The van der Waals surface area contributed by atoms with Gasteiger partial charge in [0.1, 0.15) is 0 Å². The zero-order valence-electron chi connectivity index (χ0n) is 9.51. The van der Waals surface area contributed by atoms with E-state index >= 15 is 0 Å². The molecule has 5 nitrogen and oxygen atoms in total. The summed E-state index contributed by atoms with van der Waals surface area (Å²) in [6, 6.07) is 6.16. The number of benzene rings is 1. The van der Waals surface area contributed by atoms with Crippen molar-refractivity contribution in [2.24, 2.45) is 0 Å². The van der Waals surface area contributed by atoms with Crippen molar-refractivity contribution in [1.82, 2.24) is 4.90 Å². The first-order chi connectivity index (χ1) is 8.59. The molecule has 0 saturated carbocycles. The standard InChI is InChI=1S/C12H12INO4/c13-9-3-1-8(2-4-9)11(15)14-5-6-18-7-10(14)12(16)17/h1-4,10H,5-7H2,(H,16,17). The van der Waals surface area contributed by atoms with E-state index in [2.05, 4.69) is 22.6 Å². The van der Waals surface area contributed by atoms with Crippen molar-refractivity contribution in [3.05, 3.63) is 33.4 Å². The molecule has 6 heteroatoms. The smallest absolute Gasteiger partial charge is 0.328 e. The molecule has 1 heterocycles. The molecule has 1 N–H and O–H groups in total. The van der Waals surface area contributed by atoms with Gasteiger partial charge in [0.05, 0.1) is 13.2 Å². The number of morpholine rings is 1. The van der Waals surface area contributed by atoms with Crippen molar-refractivity contribution in [1.29, 1.82) is 0 Å². The van der Waals surface area contributed by atoms with Crippen LogP contribution in [0.2, 0.25) is 0 Å². The Kier molecular flexibility index (Phi) is 4.18. The van der Waals surface area contributed by atoms with Crippen LogP contribution in [0.1, 0.15) is 10.4 Å². The van der Waals surface area contributed by atoms with E-state index in [1.807, 2.05) is 12.1 Å². The van der Waals surface area contributed by atoms with Crippen molar-refractivity contribution < 1.29 is 19.4 Å². The van der Waals surface area contributed by atoms with Gasteiger partial charge in [-0.25, -0.2) is 4.79 Å². The SMILES string of the molecule is O=C(O)C1COCCN1C(=O)c1ccc(I)cc1. The molecule has 1 unspecified atom stereocenters. The minimum Gasteiger partial charge on any atom is -0.480 e. The second-order valence-electron chi connectivity index (χ2n) is 3.93. The number of hydrogen-bond acceptors (Lipinski definition) is 3. The zero-order valence-corrected chi connectivity index (χ0v) is 11.7. The molecule has 18 heavy (non-hydrogen) atoms. The maximum Gasteiger partial charge on any atom is 0.328 e. The second kappa shape index (κ2) is 5.66. The lowest BCUT2D eigenvalue weighted by atomic mass is 10.1. The maximum atomic E-state index is 12.2. The molecular weight excluding hydrogens is 349 g/mol. The molecule has 1 saturated heterocycles. The van der Waals surface area contributed by atoms with Crippen LogP contribution in [0.25, 0.3) is 0 Å². The fraction of sp³-hybridized carbons (Fsp3) is 0.333. The van der Waals surface area contributed by atoms with Gasteiger partial charge in [-0.1, -0.05) is 0 Å². The molecule has 2 rings (SSSR count). The monoisotopic (exact) mass is 361 g/mol. The van der Waals surface area contributed by atoms with Crippen LogP contribution < -0.4 is 0 Å². The average molecular weight is 361 g/mol. The van der Waals surface area contributed by atoms with E-state index in [1.165, 1.54) is 4.90 Å². The number of nitrogens with zero attached hydrogens (tertiary/aromatic N) is 1.